The van der Waals surface area contributed by atoms with E-state index in [0.717, 1.165) is 36.8 Å². The normalized spacial score (nSPS) is 14.8. The monoisotopic (exact) mass is 520 g/mol. The molecule has 202 valence electrons. The zero-order valence-electron chi connectivity index (χ0n) is 22.6. The Morgan fingerprint density at radius 2 is 1.84 bits per heavy atom. The number of phenolic OH excluding ortho intramolecular Hbond substituents is 1. The van der Waals surface area contributed by atoms with Gasteiger partial charge in [-0.05, 0) is 63.4 Å². The third-order valence-electron chi connectivity index (χ3n) is 6.59. The summed E-state index contributed by atoms with van der Waals surface area (Å²) in [5.41, 5.74) is 1.96. The van der Waals surface area contributed by atoms with Crippen molar-refractivity contribution in [3.63, 3.8) is 0 Å². The Labute approximate surface area is 223 Å². The van der Waals surface area contributed by atoms with Crippen LogP contribution in [0.15, 0.2) is 42.5 Å². The number of phenols is 1. The van der Waals surface area contributed by atoms with Gasteiger partial charge in [-0.25, -0.2) is 0 Å². The molecule has 0 spiro atoms. The molecule has 4 rings (SSSR count). The number of aryl methyl sites for hydroxylation is 1. The Bertz CT molecular complexity index is 1280. The van der Waals surface area contributed by atoms with Crippen molar-refractivity contribution in [3.8, 4) is 22.9 Å². The summed E-state index contributed by atoms with van der Waals surface area (Å²) in [6.45, 7) is 7.53. The lowest BCUT2D eigenvalue weighted by Gasteiger charge is -2.37. The predicted octanol–water partition coefficient (Wildman–Crippen LogP) is 3.79. The first-order chi connectivity index (χ1) is 18.1. The van der Waals surface area contributed by atoms with E-state index in [1.54, 1.807) is 17.0 Å². The van der Waals surface area contributed by atoms with Crippen molar-refractivity contribution < 1.29 is 19.4 Å². The van der Waals surface area contributed by atoms with Crippen LogP contribution in [0.1, 0.15) is 63.6 Å². The van der Waals surface area contributed by atoms with Gasteiger partial charge in [-0.1, -0.05) is 48.7 Å². The molecule has 1 heterocycles. The van der Waals surface area contributed by atoms with Crippen molar-refractivity contribution in [2.24, 2.45) is 0 Å². The molecular formula is C28H36N6O4. The minimum absolute atomic E-state index is 0.0413. The number of ether oxygens (including phenoxy) is 1. The van der Waals surface area contributed by atoms with Crippen LogP contribution in [0.5, 0.6) is 11.5 Å². The Hall–Kier alpha value is -3.95. The smallest absolute Gasteiger partial charge is 0.247 e. The van der Waals surface area contributed by atoms with Gasteiger partial charge < -0.3 is 20.1 Å². The number of carbonyl (C=O) groups is 2. The number of rotatable bonds is 8. The minimum Gasteiger partial charge on any atom is -0.504 e. The maximum Gasteiger partial charge on any atom is 0.247 e. The third kappa shape index (κ3) is 6.30. The van der Waals surface area contributed by atoms with E-state index < -0.39 is 11.6 Å². The maximum absolute atomic E-state index is 13.9. The highest BCUT2D eigenvalue weighted by Gasteiger charge is 2.39. The quantitative estimate of drug-likeness (QED) is 0.463. The van der Waals surface area contributed by atoms with Gasteiger partial charge >= 0.3 is 0 Å². The third-order valence-corrected chi connectivity index (χ3v) is 6.59. The molecule has 0 radical (unpaired) electrons. The van der Waals surface area contributed by atoms with Crippen molar-refractivity contribution in [2.45, 2.75) is 77.5 Å². The summed E-state index contributed by atoms with van der Waals surface area (Å²) in [7, 11) is 1.45. The fourth-order valence-electron chi connectivity index (χ4n) is 4.81. The summed E-state index contributed by atoms with van der Waals surface area (Å²) in [5, 5.41) is 25.9. The summed E-state index contributed by atoms with van der Waals surface area (Å²) < 4.78 is 5.31. The van der Waals surface area contributed by atoms with Gasteiger partial charge in [-0.3, -0.25) is 9.59 Å². The zero-order chi connectivity index (χ0) is 27.4. The molecule has 1 aromatic heterocycles. The van der Waals surface area contributed by atoms with E-state index in [9.17, 15) is 14.7 Å². The number of carbonyl (C=O) groups excluding carboxylic acids is 2. The molecular weight excluding hydrogens is 484 g/mol. The van der Waals surface area contributed by atoms with Gasteiger partial charge in [-0.2, -0.15) is 4.80 Å². The summed E-state index contributed by atoms with van der Waals surface area (Å²) >= 11 is 0. The van der Waals surface area contributed by atoms with Crippen LogP contribution in [-0.2, 0) is 16.1 Å². The number of methoxy groups -OCH3 is 1. The highest BCUT2D eigenvalue weighted by molar-refractivity contribution is 5.89. The maximum atomic E-state index is 13.9. The molecule has 1 aliphatic rings. The molecule has 2 aromatic carbocycles. The van der Waals surface area contributed by atoms with E-state index in [-0.39, 0.29) is 35.9 Å². The van der Waals surface area contributed by atoms with Crippen LogP contribution in [0.2, 0.25) is 0 Å². The lowest BCUT2D eigenvalue weighted by atomic mass is 9.98. The first-order valence-corrected chi connectivity index (χ1v) is 12.9. The topological polar surface area (TPSA) is 122 Å². The zero-order valence-corrected chi connectivity index (χ0v) is 22.6. The van der Waals surface area contributed by atoms with E-state index in [2.05, 4.69) is 20.7 Å². The van der Waals surface area contributed by atoms with Gasteiger partial charge in [0, 0.05) is 17.1 Å². The largest absolute Gasteiger partial charge is 0.504 e. The average molecular weight is 521 g/mol. The summed E-state index contributed by atoms with van der Waals surface area (Å²) in [6, 6.07) is 11.4. The lowest BCUT2D eigenvalue weighted by Crippen LogP contribution is -2.52. The van der Waals surface area contributed by atoms with Crippen LogP contribution >= 0.6 is 0 Å². The van der Waals surface area contributed by atoms with Crippen molar-refractivity contribution in [2.75, 3.05) is 7.11 Å². The number of amides is 2. The van der Waals surface area contributed by atoms with E-state index >= 15 is 0 Å². The predicted molar refractivity (Wildman–Crippen MR) is 142 cm³/mol. The highest BCUT2D eigenvalue weighted by atomic mass is 16.5. The van der Waals surface area contributed by atoms with E-state index in [4.69, 9.17) is 4.74 Å². The molecule has 10 nitrogen and oxygen atoms in total. The van der Waals surface area contributed by atoms with Gasteiger partial charge in [0.25, 0.3) is 0 Å². The number of aromatic hydroxyl groups is 1. The van der Waals surface area contributed by atoms with E-state index in [1.807, 2.05) is 52.0 Å². The molecule has 1 atom stereocenters. The molecule has 0 bridgehead atoms. The van der Waals surface area contributed by atoms with Crippen LogP contribution < -0.4 is 10.1 Å². The molecule has 0 aliphatic heterocycles. The number of hydrogen-bond donors (Lipinski definition) is 2. The molecule has 2 N–H and O–H groups in total. The minimum atomic E-state index is -0.931. The second kappa shape index (κ2) is 11.2. The lowest BCUT2D eigenvalue weighted by molar-refractivity contribution is -0.145. The van der Waals surface area contributed by atoms with Crippen LogP contribution in [0.3, 0.4) is 0 Å². The number of benzene rings is 2. The van der Waals surface area contributed by atoms with Crippen molar-refractivity contribution in [1.29, 1.82) is 0 Å². The van der Waals surface area contributed by atoms with Crippen LogP contribution in [0.25, 0.3) is 11.4 Å². The molecule has 1 saturated carbocycles. The fraction of sp³-hybridized carbons (Fsp3) is 0.464. The van der Waals surface area contributed by atoms with E-state index in [1.165, 1.54) is 18.0 Å². The van der Waals surface area contributed by atoms with Gasteiger partial charge in [0.1, 0.15) is 12.6 Å². The van der Waals surface area contributed by atoms with Crippen LogP contribution in [0, 0.1) is 6.92 Å². The van der Waals surface area contributed by atoms with Crippen molar-refractivity contribution in [1.82, 2.24) is 30.4 Å². The molecule has 3 aromatic rings. The molecule has 1 fully saturated rings. The van der Waals surface area contributed by atoms with Gasteiger partial charge in [-0.15, -0.1) is 10.2 Å². The van der Waals surface area contributed by atoms with Crippen molar-refractivity contribution in [3.05, 3.63) is 53.6 Å². The Morgan fingerprint density at radius 1 is 1.16 bits per heavy atom. The van der Waals surface area contributed by atoms with Crippen LogP contribution in [-0.4, -0.2) is 60.7 Å². The van der Waals surface area contributed by atoms with Gasteiger partial charge in [0.2, 0.25) is 17.6 Å². The van der Waals surface area contributed by atoms with Crippen LogP contribution in [0.4, 0.5) is 0 Å². The number of hydrogen-bond acceptors (Lipinski definition) is 7. The number of nitrogens with one attached hydrogen (secondary N) is 1. The van der Waals surface area contributed by atoms with Crippen molar-refractivity contribution >= 4 is 11.8 Å². The Kier molecular flexibility index (Phi) is 7.99. The number of aromatic nitrogens is 4. The molecule has 10 heteroatoms. The highest BCUT2D eigenvalue weighted by Crippen LogP contribution is 2.36. The van der Waals surface area contributed by atoms with Gasteiger partial charge in [0.15, 0.2) is 11.5 Å². The first-order valence-electron chi connectivity index (χ1n) is 12.9. The molecule has 2 amide bonds. The van der Waals surface area contributed by atoms with E-state index in [0.29, 0.717) is 11.4 Å². The fourth-order valence-corrected chi connectivity index (χ4v) is 4.81. The summed E-state index contributed by atoms with van der Waals surface area (Å²) in [4.78, 5) is 30.6. The summed E-state index contributed by atoms with van der Waals surface area (Å²) in [6.07, 6.45) is 3.53. The number of nitrogens with zero attached hydrogens (tertiary/aromatic N) is 5. The molecule has 1 aliphatic carbocycles. The second-order valence-electron chi connectivity index (χ2n) is 10.8. The molecule has 1 unspecified atom stereocenters. The Balaban J connectivity index is 1.69. The standard InChI is InChI=1S/C28H36N6O4/c1-18-10-12-19(13-11-18)26-30-32-33(31-26)17-24(36)34(21-8-6-7-9-21)25(27(37)29-28(2,3)4)20-14-15-22(35)23(16-20)38-5/h10-16,21,25,35H,6-9,17H2,1-5H3,(H,29,37). The summed E-state index contributed by atoms with van der Waals surface area (Å²) in [5.74, 6) is 0.0229. The average Bonchev–Trinajstić information content (AvgIpc) is 3.55. The second-order valence-corrected chi connectivity index (χ2v) is 10.8. The molecule has 0 saturated heterocycles. The van der Waals surface area contributed by atoms with Gasteiger partial charge in [0.05, 0.1) is 7.11 Å². The number of tetrazole rings is 1. The molecule has 38 heavy (non-hydrogen) atoms. The SMILES string of the molecule is COc1cc(C(C(=O)NC(C)(C)C)N(C(=O)Cn2nnc(-c3ccc(C)cc3)n2)C2CCCC2)ccc1O. The first kappa shape index (κ1) is 27.1. The Morgan fingerprint density at radius 3 is 2.47 bits per heavy atom.